The molecule has 0 aromatic heterocycles. The van der Waals surface area contributed by atoms with Crippen molar-refractivity contribution in [2.75, 3.05) is 4.90 Å². The maximum Gasteiger partial charge on any atom is 0.247 e. The number of nitrogens with zero attached hydrogens (tertiary/aromatic N) is 1. The van der Waals surface area contributed by atoms with E-state index in [0.29, 0.717) is 6.42 Å². The van der Waals surface area contributed by atoms with Crippen LogP contribution < -0.4 is 4.90 Å². The van der Waals surface area contributed by atoms with Crippen LogP contribution in [0.25, 0.3) is 0 Å². The van der Waals surface area contributed by atoms with E-state index in [9.17, 15) is 4.79 Å². The first-order valence-corrected chi connectivity index (χ1v) is 8.44. The average molecular weight is 325 g/mol. The number of para-hydroxylation sites is 2. The number of carbonyl (C=O) groups is 1. The quantitative estimate of drug-likeness (QED) is 0.602. The molecular weight excluding hydrogens is 306 g/mol. The van der Waals surface area contributed by atoms with Gasteiger partial charge in [0.25, 0.3) is 0 Å². The van der Waals surface area contributed by atoms with Crippen molar-refractivity contribution in [1.29, 1.82) is 0 Å². The van der Waals surface area contributed by atoms with Gasteiger partial charge in [0.05, 0.1) is 5.69 Å². The average Bonchev–Trinajstić information content (AvgIpc) is 2.93. The minimum Gasteiger partial charge on any atom is -0.280 e. The van der Waals surface area contributed by atoms with Gasteiger partial charge in [0, 0.05) is 5.69 Å². The molecule has 0 radical (unpaired) electrons. The predicted molar refractivity (Wildman–Crippen MR) is 102 cm³/mol. The lowest BCUT2D eigenvalue weighted by molar-refractivity contribution is -0.121. The zero-order chi connectivity index (χ0) is 17.3. The van der Waals surface area contributed by atoms with Crippen LogP contribution in [0.4, 0.5) is 11.4 Å². The highest BCUT2D eigenvalue weighted by Crippen LogP contribution is 2.50. The lowest BCUT2D eigenvalue weighted by atomic mass is 9.73. The fourth-order valence-electron chi connectivity index (χ4n) is 3.81. The molecule has 0 unspecified atom stereocenters. The molecule has 1 heterocycles. The van der Waals surface area contributed by atoms with Crippen LogP contribution in [0.1, 0.15) is 17.5 Å². The van der Waals surface area contributed by atoms with E-state index in [2.05, 4.69) is 12.6 Å². The molecule has 0 saturated heterocycles. The Hall–Kier alpha value is -3.13. The molecule has 0 saturated carbocycles. The smallest absolute Gasteiger partial charge is 0.247 e. The predicted octanol–water partition coefficient (Wildman–Crippen LogP) is 5.23. The molecule has 0 fully saturated rings. The first kappa shape index (κ1) is 15.4. The van der Waals surface area contributed by atoms with E-state index in [0.717, 1.165) is 22.5 Å². The van der Waals surface area contributed by atoms with Crippen molar-refractivity contribution in [2.24, 2.45) is 0 Å². The van der Waals surface area contributed by atoms with E-state index in [1.807, 2.05) is 89.8 Å². The molecule has 1 amide bonds. The second-order valence-electron chi connectivity index (χ2n) is 6.26. The normalized spacial score (nSPS) is 18.9. The highest BCUT2D eigenvalue weighted by molar-refractivity contribution is 6.15. The van der Waals surface area contributed by atoms with E-state index in [1.54, 1.807) is 0 Å². The molecule has 2 nitrogen and oxygen atoms in total. The van der Waals surface area contributed by atoms with E-state index >= 15 is 0 Å². The van der Waals surface area contributed by atoms with Crippen molar-refractivity contribution in [3.8, 4) is 0 Å². The Morgan fingerprint density at radius 1 is 0.840 bits per heavy atom. The van der Waals surface area contributed by atoms with E-state index in [1.165, 1.54) is 0 Å². The van der Waals surface area contributed by atoms with Crippen molar-refractivity contribution in [3.05, 3.63) is 109 Å². The summed E-state index contributed by atoms with van der Waals surface area (Å²) < 4.78 is 0. The molecule has 1 aliphatic heterocycles. The van der Waals surface area contributed by atoms with Gasteiger partial charge in [0.15, 0.2) is 0 Å². The Kier molecular flexibility index (Phi) is 3.73. The first-order chi connectivity index (χ1) is 12.3. The topological polar surface area (TPSA) is 20.3 Å². The molecular formula is C23H19NO. The largest absolute Gasteiger partial charge is 0.280 e. The third-order valence-corrected chi connectivity index (χ3v) is 4.90. The SMILES string of the molecule is C=CC[C@]1(c2ccccc2)C(=O)N(c2ccccc2)c2ccccc21. The highest BCUT2D eigenvalue weighted by Gasteiger charge is 2.51. The van der Waals surface area contributed by atoms with Crippen molar-refractivity contribution >= 4 is 17.3 Å². The number of hydrogen-bond acceptors (Lipinski definition) is 1. The lowest BCUT2D eigenvalue weighted by Crippen LogP contribution is -2.39. The lowest BCUT2D eigenvalue weighted by Gasteiger charge is -2.28. The van der Waals surface area contributed by atoms with Gasteiger partial charge in [-0.2, -0.15) is 0 Å². The van der Waals surface area contributed by atoms with Gasteiger partial charge in [0.2, 0.25) is 5.91 Å². The monoisotopic (exact) mass is 325 g/mol. The van der Waals surface area contributed by atoms with Crippen molar-refractivity contribution in [3.63, 3.8) is 0 Å². The fraction of sp³-hybridized carbons (Fsp3) is 0.0870. The first-order valence-electron chi connectivity index (χ1n) is 8.44. The van der Waals surface area contributed by atoms with Gasteiger partial charge in [-0.25, -0.2) is 0 Å². The summed E-state index contributed by atoms with van der Waals surface area (Å²) in [5.74, 6) is 0.0750. The molecule has 1 aliphatic rings. The molecule has 1 atom stereocenters. The summed E-state index contributed by atoms with van der Waals surface area (Å²) in [5.41, 5.74) is 3.15. The summed E-state index contributed by atoms with van der Waals surface area (Å²) in [6.07, 6.45) is 2.41. The number of amides is 1. The summed E-state index contributed by atoms with van der Waals surface area (Å²) >= 11 is 0. The van der Waals surface area contributed by atoms with Crippen molar-refractivity contribution < 1.29 is 4.79 Å². The maximum atomic E-state index is 13.8. The molecule has 0 spiro atoms. The van der Waals surface area contributed by atoms with Gasteiger partial charge in [-0.3, -0.25) is 9.69 Å². The number of carbonyl (C=O) groups excluding carboxylic acids is 1. The van der Waals surface area contributed by atoms with Crippen LogP contribution in [0.2, 0.25) is 0 Å². The minimum absolute atomic E-state index is 0.0750. The Labute approximate surface area is 148 Å². The number of rotatable bonds is 4. The number of hydrogen-bond donors (Lipinski definition) is 0. The van der Waals surface area contributed by atoms with E-state index in [-0.39, 0.29) is 5.91 Å². The molecule has 3 aromatic carbocycles. The van der Waals surface area contributed by atoms with Gasteiger partial charge < -0.3 is 0 Å². The van der Waals surface area contributed by atoms with E-state index < -0.39 is 5.41 Å². The van der Waals surface area contributed by atoms with Gasteiger partial charge >= 0.3 is 0 Å². The minimum atomic E-state index is -0.727. The number of benzene rings is 3. The second-order valence-corrected chi connectivity index (χ2v) is 6.26. The van der Waals surface area contributed by atoms with Gasteiger partial charge in [-0.15, -0.1) is 6.58 Å². The number of anilines is 2. The number of fused-ring (bicyclic) bond motifs is 1. The summed E-state index contributed by atoms with van der Waals surface area (Å²) in [4.78, 5) is 15.6. The summed E-state index contributed by atoms with van der Waals surface area (Å²) in [5, 5.41) is 0. The van der Waals surface area contributed by atoms with Crippen LogP contribution in [-0.4, -0.2) is 5.91 Å². The summed E-state index contributed by atoms with van der Waals surface area (Å²) in [6, 6.07) is 27.9. The number of allylic oxidation sites excluding steroid dienone is 1. The van der Waals surface area contributed by atoms with Crippen LogP contribution in [0.5, 0.6) is 0 Å². The molecule has 3 aromatic rings. The Balaban J connectivity index is 2.00. The second kappa shape index (κ2) is 6.06. The molecule has 25 heavy (non-hydrogen) atoms. The molecule has 4 rings (SSSR count). The molecule has 122 valence electrons. The van der Waals surface area contributed by atoms with Crippen molar-refractivity contribution in [1.82, 2.24) is 0 Å². The van der Waals surface area contributed by atoms with Crippen LogP contribution in [-0.2, 0) is 10.2 Å². The Morgan fingerprint density at radius 3 is 2.12 bits per heavy atom. The van der Waals surface area contributed by atoms with Crippen LogP contribution in [0.15, 0.2) is 97.6 Å². The fourth-order valence-corrected chi connectivity index (χ4v) is 3.81. The molecule has 0 N–H and O–H groups in total. The third-order valence-electron chi connectivity index (χ3n) is 4.90. The van der Waals surface area contributed by atoms with Gasteiger partial charge in [-0.05, 0) is 35.7 Å². The zero-order valence-corrected chi connectivity index (χ0v) is 13.9. The maximum absolute atomic E-state index is 13.8. The van der Waals surface area contributed by atoms with Gasteiger partial charge in [0.1, 0.15) is 5.41 Å². The van der Waals surface area contributed by atoms with Crippen LogP contribution >= 0.6 is 0 Å². The van der Waals surface area contributed by atoms with Gasteiger partial charge in [-0.1, -0.05) is 72.8 Å². The zero-order valence-electron chi connectivity index (χ0n) is 13.9. The Bertz CT molecular complexity index is 917. The summed E-state index contributed by atoms with van der Waals surface area (Å²) in [7, 11) is 0. The highest BCUT2D eigenvalue weighted by atomic mass is 16.2. The third kappa shape index (κ3) is 2.22. The molecule has 0 aliphatic carbocycles. The Morgan fingerprint density at radius 2 is 1.44 bits per heavy atom. The van der Waals surface area contributed by atoms with Crippen molar-refractivity contribution in [2.45, 2.75) is 11.8 Å². The van der Waals surface area contributed by atoms with Crippen LogP contribution in [0.3, 0.4) is 0 Å². The molecule has 0 bridgehead atoms. The van der Waals surface area contributed by atoms with E-state index in [4.69, 9.17) is 0 Å². The summed E-state index contributed by atoms with van der Waals surface area (Å²) in [6.45, 7) is 3.93. The standard InChI is InChI=1S/C23H19NO/c1-2-17-23(18-11-5-3-6-12-18)20-15-9-10-16-21(20)24(22(23)25)19-13-7-4-8-14-19/h2-16H,1,17H2/t23-/m1/s1. The van der Waals surface area contributed by atoms with Crippen LogP contribution in [0, 0.1) is 0 Å². The molecule has 2 heteroatoms.